The molecule has 1 aromatic rings. The van der Waals surface area contributed by atoms with Crippen molar-refractivity contribution in [2.75, 3.05) is 6.54 Å². The summed E-state index contributed by atoms with van der Waals surface area (Å²) in [5.74, 6) is -0.119. The molecule has 0 saturated heterocycles. The van der Waals surface area contributed by atoms with Gasteiger partial charge in [0.05, 0.1) is 4.92 Å². The van der Waals surface area contributed by atoms with Gasteiger partial charge < -0.3 is 10.6 Å². The summed E-state index contributed by atoms with van der Waals surface area (Å²) in [6.07, 6.45) is 0.356. The number of amides is 1. The first-order chi connectivity index (χ1) is 9.04. The zero-order valence-electron chi connectivity index (χ0n) is 11.2. The zero-order chi connectivity index (χ0) is 14.3. The summed E-state index contributed by atoms with van der Waals surface area (Å²) in [6.45, 7) is 4.88. The van der Waals surface area contributed by atoms with E-state index < -0.39 is 4.92 Å². The van der Waals surface area contributed by atoms with Gasteiger partial charge in [-0.15, -0.1) is 0 Å². The fraction of sp³-hybridized carbons (Fsp3) is 0.462. The topological polar surface area (TPSA) is 84.3 Å². The van der Waals surface area contributed by atoms with E-state index in [-0.39, 0.29) is 24.2 Å². The summed E-state index contributed by atoms with van der Waals surface area (Å²) in [7, 11) is 0. The molecule has 1 atom stereocenters. The Morgan fingerprint density at radius 1 is 1.42 bits per heavy atom. The lowest BCUT2D eigenvalue weighted by atomic mass is 10.1. The zero-order valence-corrected chi connectivity index (χ0v) is 11.2. The van der Waals surface area contributed by atoms with Crippen LogP contribution in [0.1, 0.15) is 25.8 Å². The van der Waals surface area contributed by atoms with Crippen LogP contribution in [0.15, 0.2) is 24.3 Å². The second-order valence-electron chi connectivity index (χ2n) is 4.33. The van der Waals surface area contributed by atoms with Crippen LogP contribution in [0.5, 0.6) is 0 Å². The molecule has 104 valence electrons. The van der Waals surface area contributed by atoms with Crippen molar-refractivity contribution in [1.82, 2.24) is 10.6 Å². The monoisotopic (exact) mass is 265 g/mol. The van der Waals surface area contributed by atoms with Crippen LogP contribution in [0.4, 0.5) is 5.69 Å². The lowest BCUT2D eigenvalue weighted by Crippen LogP contribution is -2.33. The number of nitrogens with zero attached hydrogens (tertiary/aromatic N) is 1. The van der Waals surface area contributed by atoms with Crippen LogP contribution < -0.4 is 10.6 Å². The molecule has 2 N–H and O–H groups in total. The number of carbonyl (C=O) groups is 1. The molecule has 0 heterocycles. The number of hydrogen-bond acceptors (Lipinski definition) is 4. The van der Waals surface area contributed by atoms with Crippen LogP contribution in [0.25, 0.3) is 0 Å². The molecule has 19 heavy (non-hydrogen) atoms. The average molecular weight is 265 g/mol. The molecule has 0 aliphatic rings. The largest absolute Gasteiger partial charge is 0.352 e. The Hall–Kier alpha value is -1.95. The molecule has 6 heteroatoms. The second-order valence-corrected chi connectivity index (χ2v) is 4.33. The van der Waals surface area contributed by atoms with Gasteiger partial charge in [-0.25, -0.2) is 0 Å². The Morgan fingerprint density at radius 3 is 2.74 bits per heavy atom. The fourth-order valence-corrected chi connectivity index (χ4v) is 1.80. The molecule has 0 radical (unpaired) electrons. The molecule has 0 bridgehead atoms. The quantitative estimate of drug-likeness (QED) is 0.579. The van der Waals surface area contributed by atoms with Crippen LogP contribution in [0.3, 0.4) is 0 Å². The van der Waals surface area contributed by atoms with Crippen molar-refractivity contribution in [3.8, 4) is 0 Å². The molecule has 1 unspecified atom stereocenters. The Bertz CT molecular complexity index is 449. The lowest BCUT2D eigenvalue weighted by Gasteiger charge is -2.12. The third kappa shape index (κ3) is 5.05. The molecule has 1 aromatic carbocycles. The Balaban J connectivity index is 2.53. The van der Waals surface area contributed by atoms with Crippen LogP contribution in [-0.2, 0) is 11.3 Å². The predicted molar refractivity (Wildman–Crippen MR) is 72.7 cm³/mol. The van der Waals surface area contributed by atoms with E-state index in [1.54, 1.807) is 18.2 Å². The van der Waals surface area contributed by atoms with Gasteiger partial charge in [0, 0.05) is 30.6 Å². The summed E-state index contributed by atoms with van der Waals surface area (Å²) in [5.41, 5.74) is 0.541. The average Bonchev–Trinajstić information content (AvgIpc) is 2.36. The van der Waals surface area contributed by atoms with E-state index in [9.17, 15) is 14.9 Å². The molecule has 0 spiro atoms. The van der Waals surface area contributed by atoms with Crippen LogP contribution in [-0.4, -0.2) is 23.4 Å². The van der Waals surface area contributed by atoms with Gasteiger partial charge in [-0.3, -0.25) is 14.9 Å². The summed E-state index contributed by atoms with van der Waals surface area (Å²) < 4.78 is 0. The Labute approximate surface area is 112 Å². The molecule has 1 rings (SSSR count). The van der Waals surface area contributed by atoms with Crippen molar-refractivity contribution >= 4 is 11.6 Å². The molecule has 1 amide bonds. The van der Waals surface area contributed by atoms with Crippen molar-refractivity contribution in [2.24, 2.45) is 0 Å². The van der Waals surface area contributed by atoms with Gasteiger partial charge in [-0.1, -0.05) is 25.1 Å². The van der Waals surface area contributed by atoms with Crippen LogP contribution in [0, 0.1) is 10.1 Å². The van der Waals surface area contributed by atoms with Gasteiger partial charge >= 0.3 is 0 Å². The first kappa shape index (κ1) is 15.1. The highest BCUT2D eigenvalue weighted by atomic mass is 16.6. The molecule has 0 aliphatic carbocycles. The molecule has 0 aromatic heterocycles. The van der Waals surface area contributed by atoms with E-state index in [0.717, 1.165) is 6.54 Å². The Morgan fingerprint density at radius 2 is 2.11 bits per heavy atom. The van der Waals surface area contributed by atoms with Crippen molar-refractivity contribution in [2.45, 2.75) is 32.9 Å². The maximum atomic E-state index is 11.7. The predicted octanol–water partition coefficient (Wildman–Crippen LogP) is 1.60. The number of para-hydroxylation sites is 1. The smallest absolute Gasteiger partial charge is 0.274 e. The number of hydrogen-bond donors (Lipinski definition) is 2. The highest BCUT2D eigenvalue weighted by molar-refractivity contribution is 5.76. The summed E-state index contributed by atoms with van der Waals surface area (Å²) in [4.78, 5) is 22.0. The van der Waals surface area contributed by atoms with E-state index in [0.29, 0.717) is 12.0 Å². The van der Waals surface area contributed by atoms with Gasteiger partial charge in [0.15, 0.2) is 0 Å². The molecular formula is C13H19N3O3. The molecule has 0 aliphatic heterocycles. The summed E-state index contributed by atoms with van der Waals surface area (Å²) >= 11 is 0. The maximum absolute atomic E-state index is 11.7. The van der Waals surface area contributed by atoms with Crippen molar-refractivity contribution in [3.63, 3.8) is 0 Å². The Kier molecular flexibility index (Phi) is 5.95. The maximum Gasteiger partial charge on any atom is 0.274 e. The third-order valence-corrected chi connectivity index (χ3v) is 2.71. The lowest BCUT2D eigenvalue weighted by molar-refractivity contribution is -0.385. The van der Waals surface area contributed by atoms with Crippen molar-refractivity contribution < 1.29 is 9.72 Å². The molecular weight excluding hydrogens is 246 g/mol. The minimum absolute atomic E-state index is 0.0301. The van der Waals surface area contributed by atoms with Gasteiger partial charge in [0.25, 0.3) is 5.69 Å². The third-order valence-electron chi connectivity index (χ3n) is 2.71. The molecule has 0 fully saturated rings. The van der Waals surface area contributed by atoms with E-state index in [4.69, 9.17) is 0 Å². The number of carbonyl (C=O) groups excluding carboxylic acids is 1. The highest BCUT2D eigenvalue weighted by Crippen LogP contribution is 2.17. The van der Waals surface area contributed by atoms with Gasteiger partial charge in [0.1, 0.15) is 0 Å². The molecule has 6 nitrogen and oxygen atoms in total. The number of rotatable bonds is 7. The van der Waals surface area contributed by atoms with Crippen molar-refractivity contribution in [3.05, 3.63) is 39.9 Å². The van der Waals surface area contributed by atoms with Crippen molar-refractivity contribution in [1.29, 1.82) is 0 Å². The first-order valence-corrected chi connectivity index (χ1v) is 6.27. The first-order valence-electron chi connectivity index (χ1n) is 6.27. The number of benzene rings is 1. The minimum Gasteiger partial charge on any atom is -0.352 e. The standard InChI is InChI=1S/C13H19N3O3/c1-3-14-10(2)8-13(17)15-9-11-6-4-5-7-12(11)16(18)19/h4-7,10,14H,3,8-9H2,1-2H3,(H,15,17). The molecule has 0 saturated carbocycles. The number of nitrogens with one attached hydrogen (secondary N) is 2. The van der Waals surface area contributed by atoms with Crippen LogP contribution >= 0.6 is 0 Å². The second kappa shape index (κ2) is 7.48. The minimum atomic E-state index is -0.442. The summed E-state index contributed by atoms with van der Waals surface area (Å²) in [6, 6.07) is 6.50. The van der Waals surface area contributed by atoms with Gasteiger partial charge in [-0.2, -0.15) is 0 Å². The number of nitro benzene ring substituents is 1. The summed E-state index contributed by atoms with van der Waals surface area (Å²) in [5, 5.41) is 16.6. The van der Waals surface area contributed by atoms with E-state index >= 15 is 0 Å². The van der Waals surface area contributed by atoms with Crippen LogP contribution in [0.2, 0.25) is 0 Å². The normalized spacial score (nSPS) is 11.9. The fourth-order valence-electron chi connectivity index (χ4n) is 1.80. The van der Waals surface area contributed by atoms with E-state index in [1.165, 1.54) is 6.07 Å². The van der Waals surface area contributed by atoms with Gasteiger partial charge in [-0.05, 0) is 13.5 Å². The van der Waals surface area contributed by atoms with Gasteiger partial charge in [0.2, 0.25) is 5.91 Å². The SMILES string of the molecule is CCNC(C)CC(=O)NCc1ccccc1[N+](=O)[O-]. The van der Waals surface area contributed by atoms with E-state index in [2.05, 4.69) is 10.6 Å². The van der Waals surface area contributed by atoms with E-state index in [1.807, 2.05) is 13.8 Å². The highest BCUT2D eigenvalue weighted by Gasteiger charge is 2.13. The number of nitro groups is 1.